The average molecular weight is 346 g/mol. The van der Waals surface area contributed by atoms with Crippen molar-refractivity contribution in [1.29, 1.82) is 0 Å². The van der Waals surface area contributed by atoms with Gasteiger partial charge in [0.05, 0.1) is 36.9 Å². The smallest absolute Gasteiger partial charge is 0.240 e. The van der Waals surface area contributed by atoms with E-state index in [1.165, 1.54) is 32.5 Å². The van der Waals surface area contributed by atoms with Crippen molar-refractivity contribution in [2.75, 3.05) is 20.8 Å². The zero-order valence-corrected chi connectivity index (χ0v) is 13.7. The lowest BCUT2D eigenvalue weighted by Crippen LogP contribution is -2.27. The molecule has 0 spiro atoms. The monoisotopic (exact) mass is 345 g/mol. The quantitative estimate of drug-likeness (QED) is 0.823. The van der Waals surface area contributed by atoms with E-state index in [0.717, 1.165) is 0 Å². The lowest BCUT2D eigenvalue weighted by Gasteiger charge is -2.11. The first-order valence-corrected chi connectivity index (χ1v) is 8.22. The van der Waals surface area contributed by atoms with Gasteiger partial charge in [0, 0.05) is 18.8 Å². The maximum atomic E-state index is 12.2. The van der Waals surface area contributed by atoms with Gasteiger partial charge in [-0.3, -0.25) is 4.68 Å². The molecule has 0 amide bonds. The lowest BCUT2D eigenvalue weighted by molar-refractivity contribution is 0.354. The van der Waals surface area contributed by atoms with Gasteiger partial charge >= 0.3 is 0 Å². The van der Waals surface area contributed by atoms with E-state index in [9.17, 15) is 8.42 Å². The van der Waals surface area contributed by atoms with Crippen molar-refractivity contribution in [3.8, 4) is 11.5 Å². The minimum absolute atomic E-state index is 0.101. The van der Waals surface area contributed by atoms with Crippen molar-refractivity contribution in [2.24, 2.45) is 0 Å². The Morgan fingerprint density at radius 1 is 1.27 bits per heavy atom. The van der Waals surface area contributed by atoms with Gasteiger partial charge in [0.25, 0.3) is 0 Å². The highest BCUT2D eigenvalue weighted by atomic mass is 35.5. The van der Waals surface area contributed by atoms with Crippen LogP contribution in [0.5, 0.6) is 11.5 Å². The van der Waals surface area contributed by atoms with E-state index in [1.807, 2.05) is 0 Å². The molecule has 2 aromatic rings. The second kappa shape index (κ2) is 6.99. The zero-order valence-electron chi connectivity index (χ0n) is 12.1. The Morgan fingerprint density at radius 2 is 2.00 bits per heavy atom. The normalized spacial score (nSPS) is 11.4. The molecule has 22 heavy (non-hydrogen) atoms. The Hall–Kier alpha value is -1.77. The molecule has 0 unspecified atom stereocenters. The lowest BCUT2D eigenvalue weighted by atomic mass is 10.3. The molecule has 1 heterocycles. The third kappa shape index (κ3) is 3.90. The van der Waals surface area contributed by atoms with Gasteiger partial charge in [-0.15, -0.1) is 0 Å². The number of nitrogens with one attached hydrogen (secondary N) is 1. The number of halogens is 1. The van der Waals surface area contributed by atoms with Gasteiger partial charge in [0.15, 0.2) is 11.5 Å². The van der Waals surface area contributed by atoms with Gasteiger partial charge in [-0.2, -0.15) is 5.10 Å². The topological polar surface area (TPSA) is 82.5 Å². The van der Waals surface area contributed by atoms with Crippen molar-refractivity contribution in [1.82, 2.24) is 14.5 Å². The number of ether oxygens (including phenoxy) is 2. The van der Waals surface area contributed by atoms with Crippen LogP contribution in [0.15, 0.2) is 35.5 Å². The fourth-order valence-corrected chi connectivity index (χ4v) is 3.01. The maximum absolute atomic E-state index is 12.2. The maximum Gasteiger partial charge on any atom is 0.240 e. The van der Waals surface area contributed by atoms with Crippen LogP contribution in [-0.4, -0.2) is 39.0 Å². The standard InChI is InChI=1S/C13H16ClN3O4S/c1-20-12-4-3-11(7-13(12)21-2)22(18,19)16-5-6-17-9-10(14)8-15-17/h3-4,7-9,16H,5-6H2,1-2H3. The van der Waals surface area contributed by atoms with Gasteiger partial charge in [0.2, 0.25) is 10.0 Å². The van der Waals surface area contributed by atoms with Crippen LogP contribution in [0.1, 0.15) is 0 Å². The molecule has 0 fully saturated rings. The number of hydrogen-bond acceptors (Lipinski definition) is 5. The van der Waals surface area contributed by atoms with Gasteiger partial charge in [-0.25, -0.2) is 13.1 Å². The number of hydrogen-bond donors (Lipinski definition) is 1. The van der Waals surface area contributed by atoms with Gasteiger partial charge < -0.3 is 9.47 Å². The molecule has 120 valence electrons. The Balaban J connectivity index is 2.06. The molecule has 9 heteroatoms. The first kappa shape index (κ1) is 16.6. The van der Waals surface area contributed by atoms with E-state index in [4.69, 9.17) is 21.1 Å². The second-order valence-corrected chi connectivity index (χ2v) is 6.54. The van der Waals surface area contributed by atoms with E-state index in [-0.39, 0.29) is 11.4 Å². The molecule has 0 atom stereocenters. The van der Waals surface area contributed by atoms with E-state index in [1.54, 1.807) is 16.9 Å². The van der Waals surface area contributed by atoms with Crippen LogP contribution in [0.3, 0.4) is 0 Å². The number of benzene rings is 1. The van der Waals surface area contributed by atoms with E-state index in [2.05, 4.69) is 9.82 Å². The van der Waals surface area contributed by atoms with Crippen LogP contribution < -0.4 is 14.2 Å². The zero-order chi connectivity index (χ0) is 16.2. The van der Waals surface area contributed by atoms with Crippen molar-refractivity contribution in [2.45, 2.75) is 11.4 Å². The first-order valence-electron chi connectivity index (χ1n) is 6.36. The highest BCUT2D eigenvalue weighted by Gasteiger charge is 2.16. The summed E-state index contributed by atoms with van der Waals surface area (Å²) in [4.78, 5) is 0.101. The van der Waals surface area contributed by atoms with E-state index >= 15 is 0 Å². The van der Waals surface area contributed by atoms with Crippen molar-refractivity contribution < 1.29 is 17.9 Å². The van der Waals surface area contributed by atoms with Crippen molar-refractivity contribution in [3.63, 3.8) is 0 Å². The van der Waals surface area contributed by atoms with Gasteiger partial charge in [-0.05, 0) is 12.1 Å². The fourth-order valence-electron chi connectivity index (χ4n) is 1.82. The number of aromatic nitrogens is 2. The molecular formula is C13H16ClN3O4S. The molecular weight excluding hydrogens is 330 g/mol. The molecule has 0 bridgehead atoms. The summed E-state index contributed by atoms with van der Waals surface area (Å²) in [5.41, 5.74) is 0. The molecule has 1 aromatic carbocycles. The molecule has 0 aliphatic rings. The van der Waals surface area contributed by atoms with Gasteiger partial charge in [0.1, 0.15) is 0 Å². The SMILES string of the molecule is COc1ccc(S(=O)(=O)NCCn2cc(Cl)cn2)cc1OC. The average Bonchev–Trinajstić information content (AvgIpc) is 2.91. The molecule has 7 nitrogen and oxygen atoms in total. The molecule has 0 saturated heterocycles. The minimum Gasteiger partial charge on any atom is -0.493 e. The van der Waals surface area contributed by atoms with Crippen LogP contribution in [0.25, 0.3) is 0 Å². The third-order valence-corrected chi connectivity index (χ3v) is 4.55. The molecule has 2 rings (SSSR count). The highest BCUT2D eigenvalue weighted by molar-refractivity contribution is 7.89. The summed E-state index contributed by atoms with van der Waals surface area (Å²) in [6.45, 7) is 0.563. The summed E-state index contributed by atoms with van der Waals surface area (Å²) in [6.07, 6.45) is 3.11. The predicted molar refractivity (Wildman–Crippen MR) is 82.0 cm³/mol. The van der Waals surface area contributed by atoms with E-state index < -0.39 is 10.0 Å². The summed E-state index contributed by atoms with van der Waals surface area (Å²) in [5, 5.41) is 4.47. The summed E-state index contributed by atoms with van der Waals surface area (Å²) in [5.74, 6) is 0.817. The summed E-state index contributed by atoms with van der Waals surface area (Å²) >= 11 is 5.74. The number of nitrogens with zero attached hydrogens (tertiary/aromatic N) is 2. The molecule has 0 radical (unpaired) electrons. The fraction of sp³-hybridized carbons (Fsp3) is 0.308. The summed E-state index contributed by atoms with van der Waals surface area (Å²) < 4.78 is 38.7. The molecule has 0 aliphatic carbocycles. The highest BCUT2D eigenvalue weighted by Crippen LogP contribution is 2.29. The van der Waals surface area contributed by atoms with Crippen LogP contribution in [0.4, 0.5) is 0 Å². The van der Waals surface area contributed by atoms with Crippen molar-refractivity contribution in [3.05, 3.63) is 35.6 Å². The molecule has 0 saturated carbocycles. The Labute approximate surface area is 133 Å². The summed E-state index contributed by atoms with van der Waals surface area (Å²) in [6, 6.07) is 4.40. The van der Waals surface area contributed by atoms with Crippen LogP contribution in [0, 0.1) is 0 Å². The number of rotatable bonds is 7. The number of methoxy groups -OCH3 is 2. The first-order chi connectivity index (χ1) is 10.5. The van der Waals surface area contributed by atoms with Crippen LogP contribution in [-0.2, 0) is 16.6 Å². The van der Waals surface area contributed by atoms with Crippen LogP contribution in [0.2, 0.25) is 5.02 Å². The largest absolute Gasteiger partial charge is 0.493 e. The Morgan fingerprint density at radius 3 is 2.59 bits per heavy atom. The predicted octanol–water partition coefficient (Wildman–Crippen LogP) is 1.53. The Bertz CT molecular complexity index is 745. The molecule has 0 aliphatic heterocycles. The van der Waals surface area contributed by atoms with E-state index in [0.29, 0.717) is 23.1 Å². The number of sulfonamides is 1. The van der Waals surface area contributed by atoms with Crippen LogP contribution >= 0.6 is 11.6 Å². The van der Waals surface area contributed by atoms with Gasteiger partial charge in [-0.1, -0.05) is 11.6 Å². The Kier molecular flexibility index (Phi) is 5.28. The second-order valence-electron chi connectivity index (χ2n) is 4.34. The molecule has 1 N–H and O–H groups in total. The third-order valence-electron chi connectivity index (χ3n) is 2.90. The molecule has 1 aromatic heterocycles. The summed E-state index contributed by atoms with van der Waals surface area (Å²) in [7, 11) is -0.708. The van der Waals surface area contributed by atoms with Crippen molar-refractivity contribution >= 4 is 21.6 Å². The minimum atomic E-state index is -3.64.